The molecule has 0 aromatic heterocycles. The maximum Gasteiger partial charge on any atom is 0.211 e. The lowest BCUT2D eigenvalue weighted by molar-refractivity contribution is -0.105. The molecule has 6 nitrogen and oxygen atoms in total. The summed E-state index contributed by atoms with van der Waals surface area (Å²) in [7, 11) is 0. The van der Waals surface area contributed by atoms with E-state index in [-0.39, 0.29) is 6.61 Å². The normalized spacial score (nSPS) is 12.4. The van der Waals surface area contributed by atoms with Crippen LogP contribution < -0.4 is 16.4 Å². The second kappa shape index (κ2) is 8.95. The van der Waals surface area contributed by atoms with Gasteiger partial charge in [-0.15, -0.1) is 0 Å². The van der Waals surface area contributed by atoms with E-state index in [0.29, 0.717) is 17.7 Å². The zero-order valence-electron chi connectivity index (χ0n) is 14.0. The Morgan fingerprint density at radius 2 is 2.17 bits per heavy atom. The molecular weight excluding hydrogens is 292 g/mol. The topological polar surface area (TPSA) is 99.7 Å². The van der Waals surface area contributed by atoms with Crippen molar-refractivity contribution in [1.82, 2.24) is 0 Å². The molecule has 23 heavy (non-hydrogen) atoms. The second-order valence-corrected chi connectivity index (χ2v) is 5.77. The highest BCUT2D eigenvalue weighted by Crippen LogP contribution is 2.30. The highest BCUT2D eigenvalue weighted by Gasteiger charge is 2.15. The van der Waals surface area contributed by atoms with Gasteiger partial charge in [-0.2, -0.15) is 0 Å². The van der Waals surface area contributed by atoms with Crippen LogP contribution in [0.3, 0.4) is 0 Å². The lowest BCUT2D eigenvalue weighted by Crippen LogP contribution is -2.22. The fourth-order valence-corrected chi connectivity index (χ4v) is 1.90. The number of anilines is 2. The van der Waals surface area contributed by atoms with Gasteiger partial charge in [0, 0.05) is 30.1 Å². The van der Waals surface area contributed by atoms with Gasteiger partial charge in [-0.25, -0.2) is 0 Å². The lowest BCUT2D eigenvalue weighted by atomic mass is 10.0. The average molecular weight is 318 g/mol. The Labute approximate surface area is 137 Å². The maximum atomic E-state index is 10.8. The van der Waals surface area contributed by atoms with Crippen molar-refractivity contribution in [2.45, 2.75) is 32.7 Å². The molecule has 0 saturated heterocycles. The van der Waals surface area contributed by atoms with Crippen LogP contribution in [0.15, 0.2) is 29.4 Å². The molecule has 6 heteroatoms. The number of allylic oxidation sites excluding steroid dienone is 1. The molecule has 0 atom stereocenters. The van der Waals surface area contributed by atoms with Crippen LogP contribution in [0.1, 0.15) is 32.8 Å². The monoisotopic (exact) mass is 318 g/mol. The van der Waals surface area contributed by atoms with E-state index in [0.717, 1.165) is 24.2 Å². The maximum absolute atomic E-state index is 10.8. The molecule has 0 radical (unpaired) electrons. The molecule has 0 unspecified atom stereocenters. The van der Waals surface area contributed by atoms with Gasteiger partial charge in [-0.1, -0.05) is 19.1 Å². The number of hydrogen-bond donors (Lipinski definition) is 4. The third kappa shape index (κ3) is 5.41. The van der Waals surface area contributed by atoms with Crippen LogP contribution in [-0.4, -0.2) is 36.4 Å². The summed E-state index contributed by atoms with van der Waals surface area (Å²) in [6.45, 7) is 6.43. The minimum absolute atomic E-state index is 0.0605. The minimum Gasteiger partial charge on any atom is -0.404 e. The van der Waals surface area contributed by atoms with Crippen molar-refractivity contribution in [3.8, 4) is 0 Å². The van der Waals surface area contributed by atoms with Crippen LogP contribution >= 0.6 is 0 Å². The van der Waals surface area contributed by atoms with Crippen molar-refractivity contribution in [3.63, 3.8) is 0 Å². The number of nitrogens with one attached hydrogen (secondary N) is 2. The van der Waals surface area contributed by atoms with E-state index < -0.39 is 5.54 Å². The Morgan fingerprint density at radius 1 is 1.43 bits per heavy atom. The molecule has 0 saturated carbocycles. The molecule has 0 fully saturated rings. The highest BCUT2D eigenvalue weighted by atomic mass is 16.3. The lowest BCUT2D eigenvalue weighted by Gasteiger charge is -2.18. The average Bonchev–Trinajstić information content (AvgIpc) is 2.55. The van der Waals surface area contributed by atoms with Crippen molar-refractivity contribution in [2.24, 2.45) is 10.7 Å². The number of aliphatic hydroxyl groups is 1. The number of rotatable bonds is 9. The third-order valence-corrected chi connectivity index (χ3v) is 3.26. The molecule has 0 aliphatic rings. The summed E-state index contributed by atoms with van der Waals surface area (Å²) in [6.07, 6.45) is 4.70. The quantitative estimate of drug-likeness (QED) is 0.414. The first-order valence-electron chi connectivity index (χ1n) is 7.64. The van der Waals surface area contributed by atoms with Gasteiger partial charge in [0.05, 0.1) is 23.5 Å². The van der Waals surface area contributed by atoms with Crippen molar-refractivity contribution < 1.29 is 9.90 Å². The minimum atomic E-state index is -0.579. The van der Waals surface area contributed by atoms with E-state index in [2.05, 4.69) is 22.5 Å². The molecule has 126 valence electrons. The second-order valence-electron chi connectivity index (χ2n) is 5.77. The van der Waals surface area contributed by atoms with Gasteiger partial charge in [0.1, 0.15) is 0 Å². The predicted molar refractivity (Wildman–Crippen MR) is 96.7 cm³/mol. The first-order chi connectivity index (χ1) is 11.0. The van der Waals surface area contributed by atoms with Crippen molar-refractivity contribution in [3.05, 3.63) is 30.0 Å². The summed E-state index contributed by atoms with van der Waals surface area (Å²) < 4.78 is 0. The fraction of sp³-hybridized carbons (Fsp3) is 0.412. The van der Waals surface area contributed by atoms with Gasteiger partial charge in [0.15, 0.2) is 0 Å². The number of carbonyl (C=O) groups is 1. The number of carbonyl (C=O) groups excluding carboxylic acids is 1. The van der Waals surface area contributed by atoms with Gasteiger partial charge in [-0.05, 0) is 26.3 Å². The van der Waals surface area contributed by atoms with Crippen LogP contribution in [0.2, 0.25) is 0 Å². The van der Waals surface area contributed by atoms with E-state index in [1.165, 1.54) is 6.20 Å². The number of nitrogens with two attached hydrogens (primary N) is 1. The van der Waals surface area contributed by atoms with E-state index >= 15 is 0 Å². The summed E-state index contributed by atoms with van der Waals surface area (Å²) in [6, 6.07) is 5.57. The van der Waals surface area contributed by atoms with E-state index in [9.17, 15) is 9.90 Å². The number of nitrogens with zero attached hydrogens (tertiary/aromatic N) is 1. The zero-order valence-corrected chi connectivity index (χ0v) is 14.0. The van der Waals surface area contributed by atoms with Gasteiger partial charge in [-0.3, -0.25) is 9.79 Å². The molecular formula is C17H26N4O2. The molecule has 1 aromatic rings. The van der Waals surface area contributed by atoms with Crippen LogP contribution in [0.4, 0.5) is 11.4 Å². The van der Waals surface area contributed by atoms with Gasteiger partial charge >= 0.3 is 0 Å². The Balaban J connectivity index is 3.26. The number of amides is 1. The highest BCUT2D eigenvalue weighted by molar-refractivity contribution is 6.13. The van der Waals surface area contributed by atoms with E-state index in [4.69, 9.17) is 5.73 Å². The first kappa shape index (κ1) is 18.7. The number of aliphatic hydroxyl groups excluding tert-OH is 1. The van der Waals surface area contributed by atoms with E-state index in [1.807, 2.05) is 32.0 Å². The largest absolute Gasteiger partial charge is 0.404 e. The Bertz CT molecular complexity index is 580. The number of para-hydroxylation sites is 1. The summed E-state index contributed by atoms with van der Waals surface area (Å²) in [4.78, 5) is 15.2. The molecule has 1 aromatic carbocycles. The SMILES string of the molecule is CCCNc1c(NC=O)cccc1C(C=NC(C)(C)CO)=CN. The van der Waals surface area contributed by atoms with Crippen LogP contribution in [0, 0.1) is 0 Å². The van der Waals surface area contributed by atoms with Crippen molar-refractivity contribution in [2.75, 3.05) is 23.8 Å². The predicted octanol–water partition coefficient (Wildman–Crippen LogP) is 2.22. The summed E-state index contributed by atoms with van der Waals surface area (Å²) in [5, 5.41) is 15.3. The van der Waals surface area contributed by atoms with E-state index in [1.54, 1.807) is 6.21 Å². The van der Waals surface area contributed by atoms with Crippen molar-refractivity contribution >= 4 is 29.6 Å². The Morgan fingerprint density at radius 3 is 2.74 bits per heavy atom. The van der Waals surface area contributed by atoms with Crippen LogP contribution in [0.5, 0.6) is 0 Å². The molecule has 0 heterocycles. The summed E-state index contributed by atoms with van der Waals surface area (Å²) >= 11 is 0. The molecule has 0 spiro atoms. The Kier molecular flexibility index (Phi) is 7.28. The fourth-order valence-electron chi connectivity index (χ4n) is 1.90. The number of hydrogen-bond acceptors (Lipinski definition) is 5. The summed E-state index contributed by atoms with van der Waals surface area (Å²) in [5.74, 6) is 0. The number of benzene rings is 1. The van der Waals surface area contributed by atoms with Gasteiger partial charge in [0.25, 0.3) is 0 Å². The standard InChI is InChI=1S/C17H26N4O2/c1-4-8-19-16-14(6-5-7-15(16)20-12-23)13(9-18)10-21-17(2,3)11-22/h5-7,9-10,12,19,22H,4,8,11,18H2,1-3H3,(H,20,23). The number of aliphatic imine (C=N–C) groups is 1. The first-order valence-corrected chi connectivity index (χ1v) is 7.64. The molecule has 0 bridgehead atoms. The third-order valence-electron chi connectivity index (χ3n) is 3.26. The molecule has 1 amide bonds. The molecule has 1 rings (SSSR count). The van der Waals surface area contributed by atoms with Crippen molar-refractivity contribution in [1.29, 1.82) is 0 Å². The molecule has 0 aliphatic heterocycles. The zero-order chi connectivity index (χ0) is 17.3. The van der Waals surface area contributed by atoms with Gasteiger partial charge in [0.2, 0.25) is 6.41 Å². The van der Waals surface area contributed by atoms with Crippen LogP contribution in [-0.2, 0) is 4.79 Å². The van der Waals surface area contributed by atoms with Gasteiger partial charge < -0.3 is 21.5 Å². The smallest absolute Gasteiger partial charge is 0.211 e. The van der Waals surface area contributed by atoms with Crippen LogP contribution in [0.25, 0.3) is 5.57 Å². The Hall–Kier alpha value is -2.34. The molecule has 0 aliphatic carbocycles. The molecule has 5 N–H and O–H groups in total. The summed E-state index contributed by atoms with van der Waals surface area (Å²) in [5.41, 5.74) is 8.21.